The summed E-state index contributed by atoms with van der Waals surface area (Å²) in [6, 6.07) is 21.6. The van der Waals surface area contributed by atoms with Gasteiger partial charge in [0.15, 0.2) is 11.6 Å². The zero-order chi connectivity index (χ0) is 25.7. The van der Waals surface area contributed by atoms with Crippen LogP contribution >= 0.6 is 0 Å². The van der Waals surface area contributed by atoms with Crippen molar-refractivity contribution in [3.05, 3.63) is 84.9 Å². The lowest BCUT2D eigenvalue weighted by atomic mass is 10.1. The molecule has 1 saturated heterocycles. The van der Waals surface area contributed by atoms with Gasteiger partial charge in [-0.2, -0.15) is 0 Å². The first-order valence-electron chi connectivity index (χ1n) is 12.7. The minimum absolute atomic E-state index is 0.490. The Bertz CT molecular complexity index is 1550. The summed E-state index contributed by atoms with van der Waals surface area (Å²) in [5, 5.41) is 14.6. The molecule has 0 unspecified atom stereocenters. The summed E-state index contributed by atoms with van der Waals surface area (Å²) < 4.78 is 11.7. The molecule has 4 heterocycles. The minimum atomic E-state index is 0.490. The van der Waals surface area contributed by atoms with Crippen molar-refractivity contribution in [3.8, 4) is 22.9 Å². The lowest BCUT2D eigenvalue weighted by Crippen LogP contribution is -2.37. The summed E-state index contributed by atoms with van der Waals surface area (Å²) in [4.78, 5) is 15.6. The average Bonchev–Trinajstić information content (AvgIpc) is 2.99. The van der Waals surface area contributed by atoms with Gasteiger partial charge in [0.1, 0.15) is 11.6 Å². The first kappa shape index (κ1) is 23.7. The molecule has 190 valence electrons. The van der Waals surface area contributed by atoms with Gasteiger partial charge in [-0.15, -0.1) is 10.2 Å². The van der Waals surface area contributed by atoms with E-state index in [-0.39, 0.29) is 0 Å². The predicted molar refractivity (Wildman–Crippen MR) is 147 cm³/mol. The number of anilines is 3. The summed E-state index contributed by atoms with van der Waals surface area (Å²) >= 11 is 0. The molecular weight excluding hydrogens is 478 g/mol. The molecule has 9 heteroatoms. The van der Waals surface area contributed by atoms with Crippen LogP contribution in [-0.4, -0.2) is 51.5 Å². The Labute approximate surface area is 220 Å². The van der Waals surface area contributed by atoms with Crippen LogP contribution in [0.1, 0.15) is 12.7 Å². The molecule has 1 N–H and O–H groups in total. The van der Waals surface area contributed by atoms with E-state index in [1.807, 2.05) is 61.5 Å². The SMILES string of the molecule is CCc1nccc(-c2cccnc2Oc2ccc(Nc3nnc(N4CCOCC4)c4ccccc34)cc2)n1. The fraction of sp³-hybridized carbons (Fsp3) is 0.207. The lowest BCUT2D eigenvalue weighted by molar-refractivity contribution is 0.122. The van der Waals surface area contributed by atoms with Crippen LogP contribution in [0.3, 0.4) is 0 Å². The second-order valence-corrected chi connectivity index (χ2v) is 8.84. The standard InChI is InChI=1S/C29H27N7O2/c1-2-26-30-15-13-25(33-26)24-8-5-14-31-29(24)38-21-11-9-20(10-12-21)32-27-22-6-3-4-7-23(22)28(35-34-27)36-16-18-37-19-17-36/h3-15H,2,16-19H2,1H3,(H,32,34). The van der Waals surface area contributed by atoms with Crippen LogP contribution in [0.25, 0.3) is 22.0 Å². The van der Waals surface area contributed by atoms with Gasteiger partial charge in [0, 0.05) is 48.4 Å². The maximum Gasteiger partial charge on any atom is 0.228 e. The van der Waals surface area contributed by atoms with E-state index in [0.29, 0.717) is 30.7 Å². The van der Waals surface area contributed by atoms with Gasteiger partial charge < -0.3 is 19.7 Å². The number of fused-ring (bicyclic) bond motifs is 1. The topological polar surface area (TPSA) is 98.2 Å². The monoisotopic (exact) mass is 505 g/mol. The minimum Gasteiger partial charge on any atom is -0.438 e. The molecule has 0 aliphatic carbocycles. The van der Waals surface area contributed by atoms with E-state index in [1.165, 1.54) is 0 Å². The van der Waals surface area contributed by atoms with Crippen molar-refractivity contribution in [1.82, 2.24) is 25.1 Å². The van der Waals surface area contributed by atoms with E-state index in [4.69, 9.17) is 9.47 Å². The number of aryl methyl sites for hydroxylation is 1. The third-order valence-corrected chi connectivity index (χ3v) is 6.38. The largest absolute Gasteiger partial charge is 0.438 e. The van der Waals surface area contributed by atoms with Crippen LogP contribution in [0.15, 0.2) is 79.1 Å². The van der Waals surface area contributed by atoms with Gasteiger partial charge in [-0.25, -0.2) is 15.0 Å². The molecule has 6 rings (SSSR count). The second-order valence-electron chi connectivity index (χ2n) is 8.84. The fourth-order valence-electron chi connectivity index (χ4n) is 4.43. The van der Waals surface area contributed by atoms with Gasteiger partial charge in [0.2, 0.25) is 5.88 Å². The quantitative estimate of drug-likeness (QED) is 0.311. The number of hydrogen-bond donors (Lipinski definition) is 1. The molecule has 0 bridgehead atoms. The summed E-state index contributed by atoms with van der Waals surface area (Å²) in [5.41, 5.74) is 2.47. The molecule has 0 atom stereocenters. The van der Waals surface area contributed by atoms with Crippen molar-refractivity contribution in [2.45, 2.75) is 13.3 Å². The second kappa shape index (κ2) is 10.8. The van der Waals surface area contributed by atoms with Crippen LogP contribution in [0.2, 0.25) is 0 Å². The smallest absolute Gasteiger partial charge is 0.228 e. The first-order chi connectivity index (χ1) is 18.8. The number of pyridine rings is 1. The van der Waals surface area contributed by atoms with Gasteiger partial charge in [-0.1, -0.05) is 31.2 Å². The van der Waals surface area contributed by atoms with Crippen molar-refractivity contribution >= 4 is 28.1 Å². The highest BCUT2D eigenvalue weighted by atomic mass is 16.5. The zero-order valence-corrected chi connectivity index (χ0v) is 21.0. The number of rotatable bonds is 7. The molecule has 5 aromatic rings. The van der Waals surface area contributed by atoms with Crippen molar-refractivity contribution in [2.24, 2.45) is 0 Å². The maximum atomic E-state index is 6.15. The van der Waals surface area contributed by atoms with E-state index in [1.54, 1.807) is 12.4 Å². The molecule has 0 saturated carbocycles. The highest BCUT2D eigenvalue weighted by Gasteiger charge is 2.18. The van der Waals surface area contributed by atoms with Gasteiger partial charge in [0.25, 0.3) is 0 Å². The van der Waals surface area contributed by atoms with Crippen molar-refractivity contribution in [3.63, 3.8) is 0 Å². The van der Waals surface area contributed by atoms with Gasteiger partial charge >= 0.3 is 0 Å². The highest BCUT2D eigenvalue weighted by Crippen LogP contribution is 2.33. The summed E-state index contributed by atoms with van der Waals surface area (Å²) in [6.07, 6.45) is 4.23. The number of aromatic nitrogens is 5. The molecule has 3 aromatic heterocycles. The third-order valence-electron chi connectivity index (χ3n) is 6.38. The molecule has 1 fully saturated rings. The van der Waals surface area contributed by atoms with Crippen LogP contribution in [0.5, 0.6) is 11.6 Å². The molecule has 2 aromatic carbocycles. The maximum absolute atomic E-state index is 6.15. The fourth-order valence-corrected chi connectivity index (χ4v) is 4.43. The molecule has 38 heavy (non-hydrogen) atoms. The van der Waals surface area contributed by atoms with E-state index in [0.717, 1.165) is 58.9 Å². The van der Waals surface area contributed by atoms with Gasteiger partial charge in [-0.3, -0.25) is 0 Å². The number of hydrogen-bond acceptors (Lipinski definition) is 9. The molecule has 1 aliphatic heterocycles. The Hall–Kier alpha value is -4.63. The zero-order valence-electron chi connectivity index (χ0n) is 21.0. The predicted octanol–water partition coefficient (Wildman–Crippen LogP) is 5.42. The van der Waals surface area contributed by atoms with E-state index in [9.17, 15) is 0 Å². The van der Waals surface area contributed by atoms with Crippen LogP contribution < -0.4 is 15.0 Å². The summed E-state index contributed by atoms with van der Waals surface area (Å²) in [5.74, 6) is 3.53. The van der Waals surface area contributed by atoms with Crippen molar-refractivity contribution in [2.75, 3.05) is 36.5 Å². The third kappa shape index (κ3) is 4.96. The normalized spacial score (nSPS) is 13.4. The number of ether oxygens (including phenoxy) is 2. The molecule has 9 nitrogen and oxygen atoms in total. The molecule has 1 aliphatic rings. The summed E-state index contributed by atoms with van der Waals surface area (Å²) in [7, 11) is 0. The van der Waals surface area contributed by atoms with Crippen molar-refractivity contribution < 1.29 is 9.47 Å². The van der Waals surface area contributed by atoms with Crippen LogP contribution in [-0.2, 0) is 11.2 Å². The number of morpholine rings is 1. The van der Waals surface area contributed by atoms with Gasteiger partial charge in [-0.05, 0) is 42.5 Å². The van der Waals surface area contributed by atoms with Crippen LogP contribution in [0.4, 0.5) is 17.3 Å². The highest BCUT2D eigenvalue weighted by molar-refractivity contribution is 5.99. The van der Waals surface area contributed by atoms with Crippen LogP contribution in [0, 0.1) is 0 Å². The Balaban J connectivity index is 1.22. The van der Waals surface area contributed by atoms with Crippen molar-refractivity contribution in [1.29, 1.82) is 0 Å². The number of nitrogens with zero attached hydrogens (tertiary/aromatic N) is 6. The van der Waals surface area contributed by atoms with E-state index < -0.39 is 0 Å². The average molecular weight is 506 g/mol. The lowest BCUT2D eigenvalue weighted by Gasteiger charge is -2.28. The Morgan fingerprint density at radius 1 is 0.868 bits per heavy atom. The van der Waals surface area contributed by atoms with E-state index in [2.05, 4.69) is 47.5 Å². The molecule has 0 radical (unpaired) electrons. The first-order valence-corrected chi connectivity index (χ1v) is 12.7. The number of nitrogens with one attached hydrogen (secondary N) is 1. The van der Waals surface area contributed by atoms with Gasteiger partial charge in [0.05, 0.1) is 24.5 Å². The van der Waals surface area contributed by atoms with E-state index >= 15 is 0 Å². The molecule has 0 spiro atoms. The molecule has 0 amide bonds. The Kier molecular flexibility index (Phi) is 6.73. The molecular formula is C29H27N7O2. The summed E-state index contributed by atoms with van der Waals surface area (Å²) in [6.45, 7) is 5.04. The Morgan fingerprint density at radius 2 is 1.68 bits per heavy atom. The number of benzene rings is 2. The Morgan fingerprint density at radius 3 is 2.50 bits per heavy atom.